The van der Waals surface area contributed by atoms with Gasteiger partial charge in [-0.25, -0.2) is 4.39 Å². The molecule has 0 bridgehead atoms. The zero-order chi connectivity index (χ0) is 11.7. The van der Waals surface area contributed by atoms with Gasteiger partial charge in [-0.2, -0.15) is 0 Å². The van der Waals surface area contributed by atoms with Crippen molar-refractivity contribution in [3.05, 3.63) is 18.2 Å². The Balaban J connectivity index is 2.43. The standard InChI is InChI=1S/C11H13FN2O2/c1-7-11(15)14(5-4-12)9-3-2-8(13)6-10(9)16-7/h2-3,6-7H,4-5,13H2,1H3. The van der Waals surface area contributed by atoms with E-state index in [-0.39, 0.29) is 12.5 Å². The van der Waals surface area contributed by atoms with E-state index >= 15 is 0 Å². The Morgan fingerprint density at radius 2 is 2.31 bits per heavy atom. The molecular weight excluding hydrogens is 211 g/mol. The molecule has 1 aliphatic heterocycles. The van der Waals surface area contributed by atoms with E-state index in [9.17, 15) is 9.18 Å². The van der Waals surface area contributed by atoms with Crippen molar-refractivity contribution in [1.82, 2.24) is 0 Å². The van der Waals surface area contributed by atoms with Crippen LogP contribution in [0.5, 0.6) is 5.75 Å². The minimum Gasteiger partial charge on any atom is -0.479 e. The lowest BCUT2D eigenvalue weighted by molar-refractivity contribution is -0.125. The van der Waals surface area contributed by atoms with E-state index < -0.39 is 12.8 Å². The maximum absolute atomic E-state index is 12.4. The summed E-state index contributed by atoms with van der Waals surface area (Å²) in [6, 6.07) is 4.98. The summed E-state index contributed by atoms with van der Waals surface area (Å²) in [4.78, 5) is 13.2. The number of benzene rings is 1. The fourth-order valence-corrected chi connectivity index (χ4v) is 1.74. The minimum atomic E-state index is -0.596. The molecule has 2 rings (SSSR count). The Bertz CT molecular complexity index is 422. The normalized spacial score (nSPS) is 19.2. The van der Waals surface area contributed by atoms with Crippen LogP contribution in [0.1, 0.15) is 6.92 Å². The summed E-state index contributed by atoms with van der Waals surface area (Å²) in [5, 5.41) is 0. The predicted octanol–water partition coefficient (Wildman–Crippen LogP) is 1.35. The van der Waals surface area contributed by atoms with Crippen molar-refractivity contribution in [2.75, 3.05) is 23.9 Å². The van der Waals surface area contributed by atoms with Gasteiger partial charge in [0.1, 0.15) is 12.4 Å². The Morgan fingerprint density at radius 1 is 1.56 bits per heavy atom. The molecule has 0 saturated heterocycles. The van der Waals surface area contributed by atoms with Crippen LogP contribution in [0.2, 0.25) is 0 Å². The van der Waals surface area contributed by atoms with Gasteiger partial charge in [0.2, 0.25) is 0 Å². The first-order chi connectivity index (χ1) is 7.63. The first kappa shape index (κ1) is 10.7. The van der Waals surface area contributed by atoms with Gasteiger partial charge in [-0.3, -0.25) is 4.79 Å². The molecule has 1 aromatic carbocycles. The number of carbonyl (C=O) groups excluding carboxylic acids is 1. The molecule has 1 heterocycles. The van der Waals surface area contributed by atoms with Crippen molar-refractivity contribution in [2.24, 2.45) is 0 Å². The highest BCUT2D eigenvalue weighted by molar-refractivity contribution is 6.00. The lowest BCUT2D eigenvalue weighted by Gasteiger charge is -2.32. The molecule has 0 aliphatic carbocycles. The number of rotatable bonds is 2. The molecular formula is C11H13FN2O2. The number of nitrogens with zero attached hydrogens (tertiary/aromatic N) is 1. The maximum atomic E-state index is 12.4. The Hall–Kier alpha value is -1.78. The smallest absolute Gasteiger partial charge is 0.267 e. The van der Waals surface area contributed by atoms with Crippen molar-refractivity contribution in [3.63, 3.8) is 0 Å². The van der Waals surface area contributed by atoms with Gasteiger partial charge in [0.05, 0.1) is 12.2 Å². The van der Waals surface area contributed by atoms with Gasteiger partial charge >= 0.3 is 0 Å². The molecule has 0 fully saturated rings. The van der Waals surface area contributed by atoms with Crippen LogP contribution in [-0.4, -0.2) is 25.2 Å². The van der Waals surface area contributed by atoms with E-state index in [1.54, 1.807) is 25.1 Å². The Kier molecular flexibility index (Phi) is 2.68. The van der Waals surface area contributed by atoms with E-state index in [4.69, 9.17) is 10.5 Å². The van der Waals surface area contributed by atoms with E-state index in [0.717, 1.165) is 0 Å². The molecule has 0 radical (unpaired) electrons. The van der Waals surface area contributed by atoms with Crippen LogP contribution < -0.4 is 15.4 Å². The van der Waals surface area contributed by atoms with Crippen molar-refractivity contribution >= 4 is 17.3 Å². The van der Waals surface area contributed by atoms with Gasteiger partial charge < -0.3 is 15.4 Å². The first-order valence-electron chi connectivity index (χ1n) is 5.07. The third kappa shape index (κ3) is 1.68. The van der Waals surface area contributed by atoms with Crippen molar-refractivity contribution in [3.8, 4) is 5.75 Å². The fourth-order valence-electron chi connectivity index (χ4n) is 1.74. The predicted molar refractivity (Wildman–Crippen MR) is 59.3 cm³/mol. The third-order valence-corrected chi connectivity index (χ3v) is 2.50. The molecule has 1 amide bonds. The zero-order valence-electron chi connectivity index (χ0n) is 8.94. The summed E-state index contributed by atoms with van der Waals surface area (Å²) >= 11 is 0. The van der Waals surface area contributed by atoms with Gasteiger partial charge in [0, 0.05) is 11.8 Å². The number of alkyl halides is 1. The van der Waals surface area contributed by atoms with Gasteiger partial charge in [-0.1, -0.05) is 0 Å². The molecule has 2 N–H and O–H groups in total. The number of fused-ring (bicyclic) bond motifs is 1. The molecule has 16 heavy (non-hydrogen) atoms. The lowest BCUT2D eigenvalue weighted by atomic mass is 10.1. The lowest BCUT2D eigenvalue weighted by Crippen LogP contribution is -2.45. The number of carbonyl (C=O) groups is 1. The summed E-state index contributed by atoms with van der Waals surface area (Å²) in [6.45, 7) is 1.10. The van der Waals surface area contributed by atoms with Crippen LogP contribution in [0.15, 0.2) is 18.2 Å². The summed E-state index contributed by atoms with van der Waals surface area (Å²) < 4.78 is 17.8. The highest BCUT2D eigenvalue weighted by atomic mass is 19.1. The summed E-state index contributed by atoms with van der Waals surface area (Å²) in [5.41, 5.74) is 6.76. The molecule has 1 atom stereocenters. The van der Waals surface area contributed by atoms with Gasteiger partial charge in [-0.15, -0.1) is 0 Å². The Morgan fingerprint density at radius 3 is 3.00 bits per heavy atom. The number of halogens is 1. The van der Waals surface area contributed by atoms with E-state index in [2.05, 4.69) is 0 Å². The average Bonchev–Trinajstić information content (AvgIpc) is 2.24. The van der Waals surface area contributed by atoms with Crippen molar-refractivity contribution < 1.29 is 13.9 Å². The first-order valence-corrected chi connectivity index (χ1v) is 5.07. The number of ether oxygens (including phenoxy) is 1. The molecule has 1 unspecified atom stereocenters. The van der Waals surface area contributed by atoms with Crippen LogP contribution in [0.3, 0.4) is 0 Å². The Labute approximate surface area is 92.8 Å². The van der Waals surface area contributed by atoms with E-state index in [1.165, 1.54) is 4.90 Å². The molecule has 0 spiro atoms. The molecule has 1 aromatic rings. The van der Waals surface area contributed by atoms with Gasteiger partial charge in [0.25, 0.3) is 5.91 Å². The maximum Gasteiger partial charge on any atom is 0.267 e. The molecule has 4 nitrogen and oxygen atoms in total. The summed E-state index contributed by atoms with van der Waals surface area (Å²) in [7, 11) is 0. The molecule has 5 heteroatoms. The number of hydrogen-bond donors (Lipinski definition) is 1. The van der Waals surface area contributed by atoms with Crippen LogP contribution in [0.25, 0.3) is 0 Å². The van der Waals surface area contributed by atoms with Gasteiger partial charge in [0.15, 0.2) is 6.10 Å². The quantitative estimate of drug-likeness (QED) is 0.771. The molecule has 86 valence electrons. The third-order valence-electron chi connectivity index (χ3n) is 2.50. The zero-order valence-corrected chi connectivity index (χ0v) is 8.94. The molecule has 0 aromatic heterocycles. The number of nitrogens with two attached hydrogens (primary N) is 1. The second-order valence-corrected chi connectivity index (χ2v) is 3.67. The topological polar surface area (TPSA) is 55.6 Å². The fraction of sp³-hybridized carbons (Fsp3) is 0.364. The minimum absolute atomic E-state index is 0.0451. The van der Waals surface area contributed by atoms with Crippen LogP contribution in [-0.2, 0) is 4.79 Å². The number of anilines is 2. The highest BCUT2D eigenvalue weighted by Crippen LogP contribution is 2.35. The van der Waals surface area contributed by atoms with Crippen molar-refractivity contribution in [2.45, 2.75) is 13.0 Å². The molecule has 1 aliphatic rings. The second kappa shape index (κ2) is 4.00. The van der Waals surface area contributed by atoms with Crippen LogP contribution >= 0.6 is 0 Å². The monoisotopic (exact) mass is 224 g/mol. The number of nitrogen functional groups attached to an aromatic ring is 1. The van der Waals surface area contributed by atoms with Crippen LogP contribution in [0.4, 0.5) is 15.8 Å². The van der Waals surface area contributed by atoms with E-state index in [0.29, 0.717) is 17.1 Å². The van der Waals surface area contributed by atoms with E-state index in [1.807, 2.05) is 0 Å². The summed E-state index contributed by atoms with van der Waals surface area (Å²) in [5.74, 6) is 0.301. The van der Waals surface area contributed by atoms with Crippen LogP contribution in [0, 0.1) is 0 Å². The van der Waals surface area contributed by atoms with Gasteiger partial charge in [-0.05, 0) is 19.1 Å². The average molecular weight is 224 g/mol. The number of hydrogen-bond acceptors (Lipinski definition) is 3. The largest absolute Gasteiger partial charge is 0.479 e. The summed E-state index contributed by atoms with van der Waals surface area (Å²) in [6.07, 6.45) is -0.596. The highest BCUT2D eigenvalue weighted by Gasteiger charge is 2.31. The number of amides is 1. The SMILES string of the molecule is CC1Oc2cc(N)ccc2N(CCF)C1=O. The second-order valence-electron chi connectivity index (χ2n) is 3.67. The molecule has 0 saturated carbocycles. The van der Waals surface area contributed by atoms with Crippen molar-refractivity contribution in [1.29, 1.82) is 0 Å².